The van der Waals surface area contributed by atoms with Crippen LogP contribution in [-0.4, -0.2) is 31.1 Å². The molecule has 2 atom stereocenters. The Balaban J connectivity index is 2.02. The number of rotatable bonds is 4. The molecule has 1 amide bonds. The average Bonchev–Trinajstić information content (AvgIpc) is 2.62. The van der Waals surface area contributed by atoms with E-state index in [2.05, 4.69) is 10.6 Å². The van der Waals surface area contributed by atoms with E-state index >= 15 is 0 Å². The number of nitrogens with two attached hydrogens (primary N) is 1. The van der Waals surface area contributed by atoms with Crippen molar-refractivity contribution in [2.24, 2.45) is 5.73 Å². The quantitative estimate of drug-likeness (QED) is 0.481. The zero-order valence-corrected chi connectivity index (χ0v) is 6.76. The molecule has 1 saturated carbocycles. The topological polar surface area (TPSA) is 67.2 Å². The van der Waals surface area contributed by atoms with E-state index in [0.29, 0.717) is 6.54 Å². The molecule has 1 aliphatic carbocycles. The van der Waals surface area contributed by atoms with Gasteiger partial charge in [0.05, 0.1) is 6.54 Å². The van der Waals surface area contributed by atoms with Gasteiger partial charge in [0.2, 0.25) is 5.91 Å². The van der Waals surface area contributed by atoms with Crippen LogP contribution in [0.4, 0.5) is 0 Å². The molecular weight excluding hydrogens is 142 g/mol. The summed E-state index contributed by atoms with van der Waals surface area (Å²) in [6, 6.07) is 0.432. The Morgan fingerprint density at radius 3 is 2.82 bits per heavy atom. The highest BCUT2D eigenvalue weighted by molar-refractivity contribution is 5.78. The Kier molecular flexibility index (Phi) is 2.84. The van der Waals surface area contributed by atoms with Crippen molar-refractivity contribution in [1.82, 2.24) is 10.6 Å². The molecule has 0 aliphatic heterocycles. The lowest BCUT2D eigenvalue weighted by atomic mass is 10.5. The van der Waals surface area contributed by atoms with Crippen LogP contribution in [0.5, 0.6) is 0 Å². The maximum atomic E-state index is 11.0. The Morgan fingerprint density at radius 2 is 2.36 bits per heavy atom. The van der Waals surface area contributed by atoms with E-state index in [1.54, 1.807) is 0 Å². The molecule has 0 aromatic heterocycles. The predicted octanol–water partition coefficient (Wildman–Crippen LogP) is -1.19. The monoisotopic (exact) mass is 157 g/mol. The van der Waals surface area contributed by atoms with Gasteiger partial charge in [0, 0.05) is 12.1 Å². The summed E-state index contributed by atoms with van der Waals surface area (Å²) in [4.78, 5) is 11.0. The van der Waals surface area contributed by atoms with Crippen molar-refractivity contribution < 1.29 is 4.79 Å². The van der Waals surface area contributed by atoms with Gasteiger partial charge in [-0.3, -0.25) is 4.79 Å². The lowest BCUT2D eigenvalue weighted by molar-refractivity contribution is -0.120. The van der Waals surface area contributed by atoms with Crippen LogP contribution in [-0.2, 0) is 4.79 Å². The second-order valence-corrected chi connectivity index (χ2v) is 2.85. The summed E-state index contributed by atoms with van der Waals surface area (Å²) in [5, 5.41) is 5.76. The van der Waals surface area contributed by atoms with Crippen LogP contribution in [0.2, 0.25) is 0 Å². The fraction of sp³-hybridized carbons (Fsp3) is 0.857. The molecule has 64 valence electrons. The third-order valence-electron chi connectivity index (χ3n) is 1.72. The first-order chi connectivity index (χ1) is 5.24. The van der Waals surface area contributed by atoms with Crippen molar-refractivity contribution in [2.75, 3.05) is 13.1 Å². The largest absolute Gasteiger partial charge is 0.351 e. The van der Waals surface area contributed by atoms with Gasteiger partial charge in [-0.2, -0.15) is 0 Å². The van der Waals surface area contributed by atoms with Crippen LogP contribution >= 0.6 is 0 Å². The van der Waals surface area contributed by atoms with Gasteiger partial charge in [-0.05, 0) is 13.0 Å². The normalized spacial score (nSPS) is 28.2. The number of likely N-dealkylation sites (N-methyl/N-ethyl adjacent to an activating group) is 1. The van der Waals surface area contributed by atoms with E-state index in [9.17, 15) is 4.79 Å². The molecule has 11 heavy (non-hydrogen) atoms. The van der Waals surface area contributed by atoms with Gasteiger partial charge in [0.1, 0.15) is 0 Å². The summed E-state index contributed by atoms with van der Waals surface area (Å²) < 4.78 is 0. The molecule has 4 heteroatoms. The molecule has 4 nitrogen and oxygen atoms in total. The fourth-order valence-corrected chi connectivity index (χ4v) is 0.877. The lowest BCUT2D eigenvalue weighted by Crippen LogP contribution is -2.36. The van der Waals surface area contributed by atoms with Crippen LogP contribution in [0.25, 0.3) is 0 Å². The van der Waals surface area contributed by atoms with E-state index in [0.717, 1.165) is 13.0 Å². The van der Waals surface area contributed by atoms with Gasteiger partial charge in [-0.25, -0.2) is 0 Å². The van der Waals surface area contributed by atoms with E-state index < -0.39 is 0 Å². The van der Waals surface area contributed by atoms with Gasteiger partial charge in [-0.1, -0.05) is 6.92 Å². The smallest absolute Gasteiger partial charge is 0.234 e. The zero-order valence-electron chi connectivity index (χ0n) is 6.76. The van der Waals surface area contributed by atoms with E-state index in [1.807, 2.05) is 6.92 Å². The molecule has 0 aromatic rings. The zero-order chi connectivity index (χ0) is 8.27. The first kappa shape index (κ1) is 8.49. The first-order valence-electron chi connectivity index (χ1n) is 3.99. The van der Waals surface area contributed by atoms with E-state index in [1.165, 1.54) is 0 Å². The molecular formula is C7H15N3O. The van der Waals surface area contributed by atoms with Crippen molar-refractivity contribution in [2.45, 2.75) is 25.4 Å². The third-order valence-corrected chi connectivity index (χ3v) is 1.72. The number of nitrogens with one attached hydrogen (secondary N) is 2. The molecule has 1 aliphatic rings. The second kappa shape index (κ2) is 3.69. The van der Waals surface area contributed by atoms with Gasteiger partial charge < -0.3 is 16.4 Å². The Labute approximate surface area is 66.5 Å². The fourth-order valence-electron chi connectivity index (χ4n) is 0.877. The molecule has 1 rings (SSSR count). The van der Waals surface area contributed by atoms with E-state index in [4.69, 9.17) is 5.73 Å². The Morgan fingerprint density at radius 1 is 1.73 bits per heavy atom. The highest BCUT2D eigenvalue weighted by Gasteiger charge is 2.34. The number of amides is 1. The summed E-state index contributed by atoms with van der Waals surface area (Å²) >= 11 is 0. The Hall–Kier alpha value is -0.610. The van der Waals surface area contributed by atoms with Crippen molar-refractivity contribution in [3.8, 4) is 0 Å². The number of hydrogen-bond donors (Lipinski definition) is 3. The van der Waals surface area contributed by atoms with Crippen LogP contribution in [0.3, 0.4) is 0 Å². The van der Waals surface area contributed by atoms with Crippen LogP contribution in [0, 0.1) is 0 Å². The lowest BCUT2D eigenvalue weighted by Gasteiger charge is -2.02. The summed E-state index contributed by atoms with van der Waals surface area (Å²) in [6.07, 6.45) is 0.928. The standard InChI is InChI=1S/C7H15N3O/c1-2-9-4-7(11)10-6-3-5(6)8/h5-6,9H,2-4,8H2,1H3,(H,10,11). The molecule has 4 N–H and O–H groups in total. The van der Waals surface area contributed by atoms with Crippen LogP contribution in [0.15, 0.2) is 0 Å². The minimum atomic E-state index is 0.0461. The number of carbonyl (C=O) groups is 1. The minimum absolute atomic E-state index is 0.0461. The SMILES string of the molecule is CCNCC(=O)NC1CC1N. The molecule has 2 unspecified atom stereocenters. The molecule has 0 aromatic carbocycles. The Bertz CT molecular complexity index is 149. The van der Waals surface area contributed by atoms with Gasteiger partial charge in [0.25, 0.3) is 0 Å². The van der Waals surface area contributed by atoms with E-state index in [-0.39, 0.29) is 18.0 Å². The van der Waals surface area contributed by atoms with Crippen molar-refractivity contribution in [3.05, 3.63) is 0 Å². The van der Waals surface area contributed by atoms with Crippen molar-refractivity contribution in [3.63, 3.8) is 0 Å². The van der Waals surface area contributed by atoms with Crippen LogP contribution < -0.4 is 16.4 Å². The summed E-state index contributed by atoms with van der Waals surface area (Å²) in [6.45, 7) is 3.19. The highest BCUT2D eigenvalue weighted by Crippen LogP contribution is 2.16. The summed E-state index contributed by atoms with van der Waals surface area (Å²) in [5.74, 6) is 0.0461. The van der Waals surface area contributed by atoms with Gasteiger partial charge >= 0.3 is 0 Å². The summed E-state index contributed by atoms with van der Waals surface area (Å²) in [5.41, 5.74) is 5.51. The van der Waals surface area contributed by atoms with Gasteiger partial charge in [-0.15, -0.1) is 0 Å². The maximum absolute atomic E-state index is 11.0. The summed E-state index contributed by atoms with van der Waals surface area (Å²) in [7, 11) is 0. The second-order valence-electron chi connectivity index (χ2n) is 2.85. The third kappa shape index (κ3) is 2.86. The molecule has 0 heterocycles. The first-order valence-corrected chi connectivity index (χ1v) is 3.99. The molecule has 0 bridgehead atoms. The van der Waals surface area contributed by atoms with Crippen LogP contribution in [0.1, 0.15) is 13.3 Å². The molecule has 0 saturated heterocycles. The average molecular weight is 157 g/mol. The van der Waals surface area contributed by atoms with Gasteiger partial charge in [0.15, 0.2) is 0 Å². The maximum Gasteiger partial charge on any atom is 0.234 e. The number of hydrogen-bond acceptors (Lipinski definition) is 3. The number of carbonyl (C=O) groups excluding carboxylic acids is 1. The predicted molar refractivity (Wildman–Crippen MR) is 43.1 cm³/mol. The highest BCUT2D eigenvalue weighted by atomic mass is 16.2. The van der Waals surface area contributed by atoms with Crippen molar-refractivity contribution >= 4 is 5.91 Å². The molecule has 0 spiro atoms. The minimum Gasteiger partial charge on any atom is -0.351 e. The van der Waals surface area contributed by atoms with Crippen molar-refractivity contribution in [1.29, 1.82) is 0 Å². The molecule has 1 fully saturated rings. The molecule has 0 radical (unpaired) electrons.